The van der Waals surface area contributed by atoms with Gasteiger partial charge in [0.15, 0.2) is 0 Å². The Labute approximate surface area is 96.0 Å². The van der Waals surface area contributed by atoms with Crippen LogP contribution in [0.1, 0.15) is 59.8 Å². The zero-order valence-corrected chi connectivity index (χ0v) is 11.1. The summed E-state index contributed by atoms with van der Waals surface area (Å²) in [7, 11) is 0. The zero-order chi connectivity index (χ0) is 11.3. The number of rotatable bonds is 6. The Morgan fingerprint density at radius 3 is 2.47 bits per heavy atom. The zero-order valence-electron chi connectivity index (χ0n) is 11.1. The summed E-state index contributed by atoms with van der Waals surface area (Å²) in [6.07, 6.45) is 6.98. The number of hydrogen-bond donors (Lipinski definition) is 1. The molecule has 90 valence electrons. The fourth-order valence-electron chi connectivity index (χ4n) is 2.90. The second-order valence-electron chi connectivity index (χ2n) is 5.87. The lowest BCUT2D eigenvalue weighted by molar-refractivity contribution is 0.304. The van der Waals surface area contributed by atoms with Crippen molar-refractivity contribution in [1.29, 1.82) is 0 Å². The summed E-state index contributed by atoms with van der Waals surface area (Å²) in [6, 6.07) is 0.787. The highest BCUT2D eigenvalue weighted by Gasteiger charge is 2.28. The fourth-order valence-corrected chi connectivity index (χ4v) is 2.90. The summed E-state index contributed by atoms with van der Waals surface area (Å²) in [5, 5.41) is 3.76. The van der Waals surface area contributed by atoms with Crippen LogP contribution in [-0.2, 0) is 0 Å². The summed E-state index contributed by atoms with van der Waals surface area (Å²) in [6.45, 7) is 10.6. The van der Waals surface area contributed by atoms with Crippen molar-refractivity contribution in [2.75, 3.05) is 6.54 Å². The van der Waals surface area contributed by atoms with Gasteiger partial charge in [-0.15, -0.1) is 0 Å². The van der Waals surface area contributed by atoms with Crippen LogP contribution in [0.4, 0.5) is 0 Å². The molecule has 0 spiro atoms. The van der Waals surface area contributed by atoms with E-state index in [9.17, 15) is 0 Å². The minimum Gasteiger partial charge on any atom is -0.314 e. The molecule has 1 heteroatoms. The Bertz CT molecular complexity index is 165. The van der Waals surface area contributed by atoms with Gasteiger partial charge < -0.3 is 5.32 Å². The molecular weight excluding hydrogens is 182 g/mol. The van der Waals surface area contributed by atoms with Gasteiger partial charge in [-0.05, 0) is 50.0 Å². The Balaban J connectivity index is 2.40. The molecule has 1 aliphatic rings. The van der Waals surface area contributed by atoms with Crippen molar-refractivity contribution in [1.82, 2.24) is 5.32 Å². The molecule has 0 bridgehead atoms. The highest BCUT2D eigenvalue weighted by atomic mass is 14.9. The van der Waals surface area contributed by atoms with Gasteiger partial charge in [-0.1, -0.05) is 34.1 Å². The first-order valence-electron chi connectivity index (χ1n) is 6.86. The van der Waals surface area contributed by atoms with E-state index < -0.39 is 0 Å². The molecule has 0 aromatic carbocycles. The minimum atomic E-state index is 0.787. The maximum absolute atomic E-state index is 3.76. The van der Waals surface area contributed by atoms with Gasteiger partial charge in [-0.3, -0.25) is 0 Å². The van der Waals surface area contributed by atoms with Crippen molar-refractivity contribution in [2.24, 2.45) is 17.8 Å². The molecule has 1 N–H and O–H groups in total. The summed E-state index contributed by atoms with van der Waals surface area (Å²) in [5.41, 5.74) is 0. The molecule has 3 unspecified atom stereocenters. The molecule has 1 nitrogen and oxygen atoms in total. The van der Waals surface area contributed by atoms with E-state index >= 15 is 0 Å². The van der Waals surface area contributed by atoms with Crippen LogP contribution in [0.25, 0.3) is 0 Å². The predicted molar refractivity (Wildman–Crippen MR) is 68.0 cm³/mol. The molecule has 0 aromatic heterocycles. The molecule has 1 fully saturated rings. The van der Waals surface area contributed by atoms with Crippen LogP contribution in [0.15, 0.2) is 0 Å². The lowest BCUT2D eigenvalue weighted by Crippen LogP contribution is -2.36. The van der Waals surface area contributed by atoms with Gasteiger partial charge in [0.05, 0.1) is 0 Å². The third-order valence-electron chi connectivity index (χ3n) is 3.69. The highest BCUT2D eigenvalue weighted by Crippen LogP contribution is 2.34. The van der Waals surface area contributed by atoms with Crippen molar-refractivity contribution in [3.05, 3.63) is 0 Å². The highest BCUT2D eigenvalue weighted by molar-refractivity contribution is 4.83. The minimum absolute atomic E-state index is 0.787. The molecule has 1 saturated carbocycles. The third kappa shape index (κ3) is 4.55. The lowest BCUT2D eigenvalue weighted by atomic mass is 9.90. The lowest BCUT2D eigenvalue weighted by Gasteiger charge is -2.26. The monoisotopic (exact) mass is 211 g/mol. The van der Waals surface area contributed by atoms with Crippen molar-refractivity contribution in [3.8, 4) is 0 Å². The molecule has 1 rings (SSSR count). The molecule has 0 amide bonds. The second-order valence-corrected chi connectivity index (χ2v) is 5.87. The predicted octanol–water partition coefficient (Wildman–Crippen LogP) is 3.84. The standard InChI is InChI=1S/C14H29N/c1-5-8-15-14(9-11(2)3)13-7-6-12(4)10-13/h11-15H,5-10H2,1-4H3. The van der Waals surface area contributed by atoms with E-state index in [-0.39, 0.29) is 0 Å². The van der Waals surface area contributed by atoms with E-state index in [0.717, 1.165) is 23.8 Å². The smallest absolute Gasteiger partial charge is 0.00978 e. The molecule has 0 radical (unpaired) electrons. The molecule has 0 heterocycles. The van der Waals surface area contributed by atoms with Crippen LogP contribution >= 0.6 is 0 Å². The largest absolute Gasteiger partial charge is 0.314 e. The van der Waals surface area contributed by atoms with Gasteiger partial charge in [0.1, 0.15) is 0 Å². The molecule has 15 heavy (non-hydrogen) atoms. The van der Waals surface area contributed by atoms with Gasteiger partial charge in [0.25, 0.3) is 0 Å². The SMILES string of the molecule is CCCNC(CC(C)C)C1CCC(C)C1. The summed E-state index contributed by atoms with van der Waals surface area (Å²) < 4.78 is 0. The second kappa shape index (κ2) is 6.52. The van der Waals surface area contributed by atoms with Crippen molar-refractivity contribution in [3.63, 3.8) is 0 Å². The van der Waals surface area contributed by atoms with Crippen LogP contribution in [0, 0.1) is 17.8 Å². The van der Waals surface area contributed by atoms with Crippen LogP contribution in [0.3, 0.4) is 0 Å². The maximum atomic E-state index is 3.76. The van der Waals surface area contributed by atoms with Gasteiger partial charge in [0.2, 0.25) is 0 Å². The third-order valence-corrected chi connectivity index (χ3v) is 3.69. The Morgan fingerprint density at radius 1 is 1.27 bits per heavy atom. The number of nitrogens with one attached hydrogen (secondary N) is 1. The van der Waals surface area contributed by atoms with Gasteiger partial charge in [-0.2, -0.15) is 0 Å². The first kappa shape index (κ1) is 13.0. The quantitative estimate of drug-likeness (QED) is 0.704. The van der Waals surface area contributed by atoms with E-state index in [1.54, 1.807) is 0 Å². The molecule has 3 atom stereocenters. The van der Waals surface area contributed by atoms with Gasteiger partial charge in [-0.25, -0.2) is 0 Å². The number of hydrogen-bond acceptors (Lipinski definition) is 1. The average molecular weight is 211 g/mol. The molecule has 0 saturated heterocycles. The van der Waals surface area contributed by atoms with E-state index in [1.165, 1.54) is 38.6 Å². The van der Waals surface area contributed by atoms with Gasteiger partial charge in [0, 0.05) is 6.04 Å². The van der Waals surface area contributed by atoms with Crippen molar-refractivity contribution < 1.29 is 0 Å². The molecule has 0 aliphatic heterocycles. The molecule has 1 aliphatic carbocycles. The van der Waals surface area contributed by atoms with Crippen molar-refractivity contribution >= 4 is 0 Å². The van der Waals surface area contributed by atoms with Crippen LogP contribution in [0.5, 0.6) is 0 Å². The summed E-state index contributed by atoms with van der Waals surface area (Å²) >= 11 is 0. The normalized spacial score (nSPS) is 28.6. The van der Waals surface area contributed by atoms with Crippen LogP contribution in [0.2, 0.25) is 0 Å². The van der Waals surface area contributed by atoms with Crippen molar-refractivity contribution in [2.45, 2.75) is 65.8 Å². The van der Waals surface area contributed by atoms with Crippen LogP contribution < -0.4 is 5.32 Å². The summed E-state index contributed by atoms with van der Waals surface area (Å²) in [5.74, 6) is 2.75. The Hall–Kier alpha value is -0.0400. The first-order valence-corrected chi connectivity index (χ1v) is 6.86. The Kier molecular flexibility index (Phi) is 5.66. The fraction of sp³-hybridized carbons (Fsp3) is 1.00. The van der Waals surface area contributed by atoms with E-state index in [1.807, 2.05) is 0 Å². The van der Waals surface area contributed by atoms with Gasteiger partial charge >= 0.3 is 0 Å². The summed E-state index contributed by atoms with van der Waals surface area (Å²) in [4.78, 5) is 0. The van der Waals surface area contributed by atoms with E-state index in [0.29, 0.717) is 0 Å². The van der Waals surface area contributed by atoms with E-state index in [2.05, 4.69) is 33.0 Å². The molecule has 0 aromatic rings. The average Bonchev–Trinajstić information content (AvgIpc) is 2.58. The maximum Gasteiger partial charge on any atom is 0.00978 e. The Morgan fingerprint density at radius 2 is 2.00 bits per heavy atom. The van der Waals surface area contributed by atoms with E-state index in [4.69, 9.17) is 0 Å². The first-order chi connectivity index (χ1) is 7.13. The van der Waals surface area contributed by atoms with Crippen LogP contribution in [-0.4, -0.2) is 12.6 Å². The topological polar surface area (TPSA) is 12.0 Å². The molecular formula is C14H29N.